The molecular weight excluding hydrogens is 335 g/mol. The van der Waals surface area contributed by atoms with Gasteiger partial charge in [-0.3, -0.25) is 0 Å². The molecule has 3 rings (SSSR count). The Morgan fingerprint density at radius 3 is 1.19 bits per heavy atom. The standard InChI is InChI=1S/C24H31OP/c1-14-15(2)19(6)23(18(14)5)26(25,22-12-10-9-11-13-22)24-20(7)16(3)17(4)21(24)8/h9-13,23-24H,1-8H3. The van der Waals surface area contributed by atoms with Gasteiger partial charge in [-0.25, -0.2) is 0 Å². The van der Waals surface area contributed by atoms with Crippen molar-refractivity contribution in [2.24, 2.45) is 0 Å². The zero-order valence-electron chi connectivity index (χ0n) is 17.4. The topological polar surface area (TPSA) is 17.1 Å². The summed E-state index contributed by atoms with van der Waals surface area (Å²) in [4.78, 5) is 0. The molecule has 0 amide bonds. The third kappa shape index (κ3) is 2.48. The summed E-state index contributed by atoms with van der Waals surface area (Å²) in [6.45, 7) is 17.5. The maximum Gasteiger partial charge on any atom is 0.136 e. The Balaban J connectivity index is 2.34. The number of allylic oxidation sites excluding steroid dienone is 8. The molecule has 0 N–H and O–H groups in total. The molecule has 2 heteroatoms. The van der Waals surface area contributed by atoms with Crippen molar-refractivity contribution >= 4 is 12.4 Å². The van der Waals surface area contributed by atoms with Crippen molar-refractivity contribution in [2.45, 2.75) is 66.7 Å². The maximum atomic E-state index is 15.1. The van der Waals surface area contributed by atoms with Crippen LogP contribution in [0, 0.1) is 0 Å². The molecule has 0 unspecified atom stereocenters. The lowest BCUT2D eigenvalue weighted by molar-refractivity contribution is 0.574. The van der Waals surface area contributed by atoms with Crippen LogP contribution in [-0.4, -0.2) is 11.3 Å². The van der Waals surface area contributed by atoms with Gasteiger partial charge in [0.05, 0.1) is 11.3 Å². The monoisotopic (exact) mass is 366 g/mol. The fourth-order valence-electron chi connectivity index (χ4n) is 4.91. The Bertz CT molecular complexity index is 834. The van der Waals surface area contributed by atoms with Gasteiger partial charge in [-0.1, -0.05) is 52.6 Å². The largest absolute Gasteiger partial charge is 0.317 e. The third-order valence-corrected chi connectivity index (χ3v) is 11.2. The van der Waals surface area contributed by atoms with E-state index in [0.717, 1.165) is 5.30 Å². The van der Waals surface area contributed by atoms with E-state index in [0.29, 0.717) is 0 Å². The number of benzene rings is 1. The fraction of sp³-hybridized carbons (Fsp3) is 0.417. The van der Waals surface area contributed by atoms with Gasteiger partial charge in [0.15, 0.2) is 0 Å². The van der Waals surface area contributed by atoms with Gasteiger partial charge in [-0.05, 0) is 77.7 Å². The molecule has 2 aliphatic carbocycles. The van der Waals surface area contributed by atoms with Crippen molar-refractivity contribution in [3.8, 4) is 0 Å². The van der Waals surface area contributed by atoms with Crippen LogP contribution in [0.15, 0.2) is 74.9 Å². The second-order valence-corrected chi connectivity index (χ2v) is 11.0. The van der Waals surface area contributed by atoms with Gasteiger partial charge in [-0.15, -0.1) is 0 Å². The molecular formula is C24H31OP. The van der Waals surface area contributed by atoms with Gasteiger partial charge in [0.25, 0.3) is 0 Å². The maximum absolute atomic E-state index is 15.1. The average Bonchev–Trinajstić information content (AvgIpc) is 2.95. The van der Waals surface area contributed by atoms with Crippen molar-refractivity contribution in [1.29, 1.82) is 0 Å². The highest BCUT2D eigenvalue weighted by molar-refractivity contribution is 7.74. The molecule has 0 aromatic heterocycles. The molecule has 26 heavy (non-hydrogen) atoms. The van der Waals surface area contributed by atoms with E-state index < -0.39 is 7.14 Å². The van der Waals surface area contributed by atoms with Crippen molar-refractivity contribution in [1.82, 2.24) is 0 Å². The smallest absolute Gasteiger partial charge is 0.136 e. The van der Waals surface area contributed by atoms with Gasteiger partial charge < -0.3 is 4.57 Å². The van der Waals surface area contributed by atoms with Gasteiger partial charge in [0, 0.05) is 5.30 Å². The van der Waals surface area contributed by atoms with Crippen LogP contribution in [-0.2, 0) is 4.57 Å². The van der Waals surface area contributed by atoms with Crippen LogP contribution in [0.3, 0.4) is 0 Å². The molecule has 1 aromatic rings. The minimum absolute atomic E-state index is 0.0125. The first-order valence-electron chi connectivity index (χ1n) is 9.49. The first-order chi connectivity index (χ1) is 12.1. The Morgan fingerprint density at radius 2 is 0.885 bits per heavy atom. The van der Waals surface area contributed by atoms with E-state index in [9.17, 15) is 0 Å². The Labute approximate surface area is 159 Å². The van der Waals surface area contributed by atoms with E-state index in [-0.39, 0.29) is 11.3 Å². The lowest BCUT2D eigenvalue weighted by Gasteiger charge is -2.35. The third-order valence-electron chi connectivity index (χ3n) is 7.06. The molecule has 0 fully saturated rings. The summed E-state index contributed by atoms with van der Waals surface area (Å²) in [6, 6.07) is 10.2. The van der Waals surface area contributed by atoms with Crippen LogP contribution in [0.25, 0.3) is 0 Å². The molecule has 0 aliphatic heterocycles. The molecule has 0 bridgehead atoms. The molecule has 138 valence electrons. The second-order valence-electron chi connectivity index (χ2n) is 8.08. The lowest BCUT2D eigenvalue weighted by Crippen LogP contribution is -2.28. The minimum Gasteiger partial charge on any atom is -0.317 e. The minimum atomic E-state index is -2.77. The predicted molar refractivity (Wildman–Crippen MR) is 115 cm³/mol. The number of rotatable bonds is 3. The first-order valence-corrected chi connectivity index (χ1v) is 11.3. The SMILES string of the molecule is CC1=C(C)C(P(=O)(c2ccccc2)C2C(C)=C(C)C(C)=C2C)C(C)=C1C. The Morgan fingerprint density at radius 1 is 0.577 bits per heavy atom. The van der Waals surface area contributed by atoms with Gasteiger partial charge >= 0.3 is 0 Å². The first kappa shape index (κ1) is 19.2. The molecule has 1 nitrogen and oxygen atoms in total. The zero-order chi connectivity index (χ0) is 19.4. The van der Waals surface area contributed by atoms with Gasteiger partial charge in [0.2, 0.25) is 0 Å². The number of hydrogen-bond donors (Lipinski definition) is 0. The Hall–Kier alpha value is -1.59. The summed E-state index contributed by atoms with van der Waals surface area (Å²) in [5.41, 5.74) is 10.4. The van der Waals surface area contributed by atoms with Crippen molar-refractivity contribution in [3.05, 3.63) is 74.9 Å². The van der Waals surface area contributed by atoms with Crippen molar-refractivity contribution in [2.75, 3.05) is 0 Å². The Kier molecular flexibility index (Phi) is 4.82. The molecule has 0 radical (unpaired) electrons. The van der Waals surface area contributed by atoms with E-state index in [4.69, 9.17) is 0 Å². The molecule has 0 heterocycles. The molecule has 0 atom stereocenters. The summed E-state index contributed by atoms with van der Waals surface area (Å²) < 4.78 is 15.1. The van der Waals surface area contributed by atoms with E-state index in [2.05, 4.69) is 67.5 Å². The van der Waals surface area contributed by atoms with Crippen LogP contribution in [0.4, 0.5) is 0 Å². The van der Waals surface area contributed by atoms with Crippen molar-refractivity contribution in [3.63, 3.8) is 0 Å². The van der Waals surface area contributed by atoms with Crippen LogP contribution >= 0.6 is 7.14 Å². The van der Waals surface area contributed by atoms with Crippen LogP contribution in [0.2, 0.25) is 0 Å². The van der Waals surface area contributed by atoms with E-state index >= 15 is 4.57 Å². The second kappa shape index (κ2) is 6.54. The van der Waals surface area contributed by atoms with Gasteiger partial charge in [0.1, 0.15) is 7.14 Å². The molecule has 0 saturated heterocycles. The predicted octanol–water partition coefficient (Wildman–Crippen LogP) is 6.79. The van der Waals surface area contributed by atoms with E-state index in [1.54, 1.807) is 0 Å². The fourth-order valence-corrected chi connectivity index (χ4v) is 9.52. The highest BCUT2D eigenvalue weighted by atomic mass is 31.2. The van der Waals surface area contributed by atoms with E-state index in [1.807, 2.05) is 18.2 Å². The van der Waals surface area contributed by atoms with Gasteiger partial charge in [-0.2, -0.15) is 0 Å². The highest BCUT2D eigenvalue weighted by Crippen LogP contribution is 2.66. The normalized spacial score (nSPS) is 20.3. The van der Waals surface area contributed by atoms with Crippen LogP contribution in [0.1, 0.15) is 55.4 Å². The zero-order valence-corrected chi connectivity index (χ0v) is 18.3. The number of hydrogen-bond acceptors (Lipinski definition) is 1. The summed E-state index contributed by atoms with van der Waals surface area (Å²) in [6.07, 6.45) is 0. The quantitative estimate of drug-likeness (QED) is 0.539. The molecule has 0 saturated carbocycles. The lowest BCUT2D eigenvalue weighted by atomic mass is 10.1. The van der Waals surface area contributed by atoms with Crippen molar-refractivity contribution < 1.29 is 4.57 Å². The van der Waals surface area contributed by atoms with E-state index in [1.165, 1.54) is 44.6 Å². The molecule has 2 aliphatic rings. The van der Waals surface area contributed by atoms with Crippen LogP contribution < -0.4 is 5.30 Å². The molecule has 1 aromatic carbocycles. The van der Waals surface area contributed by atoms with Crippen LogP contribution in [0.5, 0.6) is 0 Å². The molecule has 0 spiro atoms. The summed E-state index contributed by atoms with van der Waals surface area (Å²) >= 11 is 0. The summed E-state index contributed by atoms with van der Waals surface area (Å²) in [5, 5.41) is 1.01. The average molecular weight is 366 g/mol. The summed E-state index contributed by atoms with van der Waals surface area (Å²) in [5.74, 6) is 0. The summed E-state index contributed by atoms with van der Waals surface area (Å²) in [7, 11) is -2.77. The highest BCUT2D eigenvalue weighted by Gasteiger charge is 2.49.